The first-order valence-corrected chi connectivity index (χ1v) is 8.08. The zero-order chi connectivity index (χ0) is 17.2. The highest BCUT2D eigenvalue weighted by Gasteiger charge is 2.54. The Morgan fingerprint density at radius 1 is 0.960 bits per heavy atom. The van der Waals surface area contributed by atoms with Crippen LogP contribution >= 0.6 is 12.2 Å². The van der Waals surface area contributed by atoms with Gasteiger partial charge in [-0.25, -0.2) is 4.79 Å². The highest BCUT2D eigenvalue weighted by atomic mass is 32.1. The molecule has 0 bridgehead atoms. The summed E-state index contributed by atoms with van der Waals surface area (Å²) in [4.78, 5) is 25.8. The van der Waals surface area contributed by atoms with E-state index in [2.05, 4.69) is 16.0 Å². The van der Waals surface area contributed by atoms with Gasteiger partial charge in [-0.05, 0) is 30.4 Å². The van der Waals surface area contributed by atoms with Crippen molar-refractivity contribution in [2.75, 3.05) is 10.6 Å². The number of carbonyl (C=O) groups is 1. The summed E-state index contributed by atoms with van der Waals surface area (Å²) >= 11 is 5.34. The predicted molar refractivity (Wildman–Crippen MR) is 97.7 cm³/mol. The lowest BCUT2D eigenvalue weighted by Crippen LogP contribution is -2.58. The first-order valence-electron chi connectivity index (χ1n) is 7.68. The first-order chi connectivity index (χ1) is 12.1. The smallest absolute Gasteiger partial charge is 0.344 e. The van der Waals surface area contributed by atoms with Crippen LogP contribution in [0.4, 0.5) is 11.4 Å². The molecule has 1 unspecified atom stereocenters. The van der Waals surface area contributed by atoms with Crippen LogP contribution < -0.4 is 21.6 Å². The average molecular weight is 349 g/mol. The van der Waals surface area contributed by atoms with Crippen molar-refractivity contribution in [3.05, 3.63) is 70.1 Å². The van der Waals surface area contributed by atoms with Crippen molar-refractivity contribution in [1.82, 2.24) is 5.32 Å². The Morgan fingerprint density at radius 3 is 2.60 bits per heavy atom. The molecule has 3 heterocycles. The number of fused-ring (bicyclic) bond motifs is 6. The van der Waals surface area contributed by atoms with E-state index in [1.54, 1.807) is 24.3 Å². The number of amides is 1. The summed E-state index contributed by atoms with van der Waals surface area (Å²) < 4.78 is 5.49. The van der Waals surface area contributed by atoms with E-state index < -0.39 is 11.2 Å². The number of para-hydroxylation sites is 2. The molecule has 0 aliphatic carbocycles. The maximum atomic E-state index is 13.0. The molecular formula is C18H11N3O3S. The van der Waals surface area contributed by atoms with Gasteiger partial charge in [-0.15, -0.1) is 0 Å². The van der Waals surface area contributed by atoms with Gasteiger partial charge in [0, 0.05) is 16.6 Å². The zero-order valence-corrected chi connectivity index (χ0v) is 13.6. The second-order valence-electron chi connectivity index (χ2n) is 5.96. The molecule has 0 radical (unpaired) electrons. The van der Waals surface area contributed by atoms with E-state index in [9.17, 15) is 9.59 Å². The van der Waals surface area contributed by atoms with E-state index in [0.717, 1.165) is 0 Å². The Bertz CT molecular complexity index is 1150. The topological polar surface area (TPSA) is 83.4 Å². The van der Waals surface area contributed by atoms with Crippen LogP contribution in [0.2, 0.25) is 0 Å². The molecule has 1 spiro atoms. The molecule has 1 atom stereocenters. The Labute approximate surface area is 146 Å². The fourth-order valence-electron chi connectivity index (χ4n) is 3.63. The van der Waals surface area contributed by atoms with Gasteiger partial charge in [0.2, 0.25) is 0 Å². The molecule has 5 rings (SSSR count). The number of anilines is 2. The van der Waals surface area contributed by atoms with Crippen LogP contribution in [-0.4, -0.2) is 11.0 Å². The fraction of sp³-hybridized carbons (Fsp3) is 0.0556. The normalized spacial score (nSPS) is 20.6. The van der Waals surface area contributed by atoms with Crippen LogP contribution in [0, 0.1) is 0 Å². The summed E-state index contributed by atoms with van der Waals surface area (Å²) in [6.07, 6.45) is 0. The van der Waals surface area contributed by atoms with Gasteiger partial charge in [0.25, 0.3) is 5.91 Å². The summed E-state index contributed by atoms with van der Waals surface area (Å²) in [5.41, 5.74) is 0.452. The molecule has 3 N–H and O–H groups in total. The van der Waals surface area contributed by atoms with Crippen LogP contribution in [0.3, 0.4) is 0 Å². The van der Waals surface area contributed by atoms with E-state index in [1.165, 1.54) is 0 Å². The van der Waals surface area contributed by atoms with Gasteiger partial charge in [0.15, 0.2) is 10.7 Å². The Hall–Kier alpha value is -3.19. The van der Waals surface area contributed by atoms with Crippen molar-refractivity contribution in [3.63, 3.8) is 0 Å². The van der Waals surface area contributed by atoms with E-state index in [-0.39, 0.29) is 16.6 Å². The minimum Gasteiger partial charge on any atom is -0.422 e. The number of benzene rings is 2. The van der Waals surface area contributed by atoms with Crippen molar-refractivity contribution >= 4 is 45.6 Å². The lowest BCUT2D eigenvalue weighted by molar-refractivity contribution is -0.120. The van der Waals surface area contributed by atoms with Gasteiger partial charge < -0.3 is 20.4 Å². The van der Waals surface area contributed by atoms with Crippen molar-refractivity contribution in [2.24, 2.45) is 0 Å². The number of carbonyl (C=O) groups excluding carboxylic acids is 1. The third kappa shape index (κ3) is 1.70. The van der Waals surface area contributed by atoms with Crippen LogP contribution in [0.1, 0.15) is 11.1 Å². The number of hydrogen-bond donors (Lipinski definition) is 3. The average Bonchev–Trinajstić information content (AvgIpc) is 2.87. The van der Waals surface area contributed by atoms with Crippen LogP contribution in [0.25, 0.3) is 11.0 Å². The van der Waals surface area contributed by atoms with Gasteiger partial charge in [0.05, 0.1) is 5.69 Å². The van der Waals surface area contributed by atoms with Gasteiger partial charge in [0.1, 0.15) is 11.1 Å². The zero-order valence-electron chi connectivity index (χ0n) is 12.8. The summed E-state index contributed by atoms with van der Waals surface area (Å²) in [5, 5.41) is 9.82. The van der Waals surface area contributed by atoms with Crippen LogP contribution in [0.15, 0.2) is 57.7 Å². The van der Waals surface area contributed by atoms with Crippen molar-refractivity contribution in [1.29, 1.82) is 0 Å². The van der Waals surface area contributed by atoms with Gasteiger partial charge in [-0.1, -0.05) is 30.3 Å². The molecule has 0 fully saturated rings. The van der Waals surface area contributed by atoms with Crippen molar-refractivity contribution in [3.8, 4) is 0 Å². The lowest BCUT2D eigenvalue weighted by Gasteiger charge is -2.35. The second-order valence-corrected chi connectivity index (χ2v) is 6.37. The Morgan fingerprint density at radius 2 is 1.72 bits per heavy atom. The Balaban J connectivity index is 1.96. The summed E-state index contributed by atoms with van der Waals surface area (Å²) in [6.45, 7) is 0. The Kier molecular flexibility index (Phi) is 2.65. The molecule has 122 valence electrons. The number of thiocarbonyl (C=S) groups is 1. The maximum absolute atomic E-state index is 13.0. The molecule has 25 heavy (non-hydrogen) atoms. The number of hydrogen-bond acceptors (Lipinski definition) is 4. The molecule has 2 aliphatic rings. The van der Waals surface area contributed by atoms with Gasteiger partial charge >= 0.3 is 5.63 Å². The highest BCUT2D eigenvalue weighted by Crippen LogP contribution is 2.45. The largest absolute Gasteiger partial charge is 0.422 e. The third-order valence-corrected chi connectivity index (χ3v) is 4.85. The highest BCUT2D eigenvalue weighted by molar-refractivity contribution is 7.80. The number of rotatable bonds is 0. The van der Waals surface area contributed by atoms with Crippen molar-refractivity contribution in [2.45, 2.75) is 5.54 Å². The lowest BCUT2D eigenvalue weighted by atomic mass is 9.82. The monoisotopic (exact) mass is 349 g/mol. The summed E-state index contributed by atoms with van der Waals surface area (Å²) in [7, 11) is 0. The molecule has 1 amide bonds. The predicted octanol–water partition coefficient (Wildman–Crippen LogP) is 2.29. The van der Waals surface area contributed by atoms with Crippen LogP contribution in [-0.2, 0) is 10.3 Å². The second kappa shape index (κ2) is 4.67. The molecule has 1 aromatic heterocycles. The standard InChI is InChI=1S/C18H11N3O3S/c22-15-13-14(9-5-1-4-8-12(9)24-15)20-17(25)21-18(13)10-6-2-3-7-11(10)19-16(18)23/h1-8H,(H,19,23)(H2,20,21,25). The minimum atomic E-state index is -1.40. The van der Waals surface area contributed by atoms with E-state index in [4.69, 9.17) is 16.6 Å². The molecule has 2 aliphatic heterocycles. The molecule has 6 nitrogen and oxygen atoms in total. The van der Waals surface area contributed by atoms with E-state index >= 15 is 0 Å². The third-order valence-electron chi connectivity index (χ3n) is 4.65. The van der Waals surface area contributed by atoms with E-state index in [1.807, 2.05) is 24.3 Å². The summed E-state index contributed by atoms with van der Waals surface area (Å²) in [5.74, 6) is -0.360. The molecule has 0 saturated heterocycles. The number of nitrogens with one attached hydrogen (secondary N) is 3. The van der Waals surface area contributed by atoms with Crippen molar-refractivity contribution < 1.29 is 9.21 Å². The SMILES string of the molecule is O=C1Nc2ccccc2C12NC(=S)Nc1c2c(=O)oc2ccccc12. The summed E-state index contributed by atoms with van der Waals surface area (Å²) in [6, 6.07) is 14.4. The molecular weight excluding hydrogens is 338 g/mol. The van der Waals surface area contributed by atoms with Gasteiger partial charge in [-0.3, -0.25) is 4.79 Å². The quantitative estimate of drug-likeness (QED) is 0.427. The van der Waals surface area contributed by atoms with Crippen LogP contribution in [0.5, 0.6) is 0 Å². The maximum Gasteiger partial charge on any atom is 0.344 e. The fourth-order valence-corrected chi connectivity index (χ4v) is 3.88. The van der Waals surface area contributed by atoms with Gasteiger partial charge in [-0.2, -0.15) is 0 Å². The van der Waals surface area contributed by atoms with E-state index in [0.29, 0.717) is 27.9 Å². The minimum absolute atomic E-state index is 0.210. The molecule has 3 aromatic rings. The molecule has 7 heteroatoms. The first kappa shape index (κ1) is 14.2. The molecule has 0 saturated carbocycles. The molecule has 2 aromatic carbocycles.